The Labute approximate surface area is 90.4 Å². The third-order valence-corrected chi connectivity index (χ3v) is 2.13. The van der Waals surface area contributed by atoms with E-state index in [9.17, 15) is 9.90 Å². The standard InChI is InChI=1S/C10H19ClO3/c1-2-14-10(13)6-4-3-5-9(12)7-8-11/h9,12H,2-8H2,1H3/t9-/m1/s1. The molecule has 0 aromatic rings. The first-order valence-corrected chi connectivity index (χ1v) is 5.63. The number of rotatable bonds is 8. The van der Waals surface area contributed by atoms with Crippen LogP contribution in [0.2, 0.25) is 0 Å². The Hall–Kier alpha value is -0.280. The van der Waals surface area contributed by atoms with Crippen molar-refractivity contribution in [2.75, 3.05) is 12.5 Å². The molecule has 0 aliphatic heterocycles. The molecule has 0 saturated heterocycles. The molecule has 0 amide bonds. The van der Waals surface area contributed by atoms with Gasteiger partial charge in [0.1, 0.15) is 0 Å². The van der Waals surface area contributed by atoms with E-state index in [1.165, 1.54) is 0 Å². The fraction of sp³-hybridized carbons (Fsp3) is 0.900. The van der Waals surface area contributed by atoms with E-state index in [0.717, 1.165) is 12.8 Å². The number of carbonyl (C=O) groups is 1. The van der Waals surface area contributed by atoms with Crippen molar-refractivity contribution in [3.8, 4) is 0 Å². The normalized spacial score (nSPS) is 12.5. The van der Waals surface area contributed by atoms with E-state index in [1.54, 1.807) is 6.92 Å². The van der Waals surface area contributed by atoms with Crippen LogP contribution in [0.4, 0.5) is 0 Å². The first-order chi connectivity index (χ1) is 6.70. The van der Waals surface area contributed by atoms with E-state index in [1.807, 2.05) is 0 Å². The van der Waals surface area contributed by atoms with Crippen molar-refractivity contribution in [3.63, 3.8) is 0 Å². The van der Waals surface area contributed by atoms with E-state index in [2.05, 4.69) is 0 Å². The molecule has 0 heterocycles. The van der Waals surface area contributed by atoms with Gasteiger partial charge in [0, 0.05) is 12.3 Å². The number of alkyl halides is 1. The number of aliphatic hydroxyl groups excluding tert-OH is 1. The zero-order valence-corrected chi connectivity index (χ0v) is 9.42. The highest BCUT2D eigenvalue weighted by molar-refractivity contribution is 6.17. The van der Waals surface area contributed by atoms with Gasteiger partial charge in [0.25, 0.3) is 0 Å². The maximum Gasteiger partial charge on any atom is 0.305 e. The lowest BCUT2D eigenvalue weighted by Gasteiger charge is -2.07. The Bertz CT molecular complexity index is 150. The predicted molar refractivity (Wildman–Crippen MR) is 56.4 cm³/mol. The molecule has 0 fully saturated rings. The van der Waals surface area contributed by atoms with Crippen LogP contribution in [-0.2, 0) is 9.53 Å². The third kappa shape index (κ3) is 8.32. The smallest absolute Gasteiger partial charge is 0.305 e. The summed E-state index contributed by atoms with van der Waals surface area (Å²) in [6.45, 7) is 2.23. The molecule has 0 rings (SSSR count). The quantitative estimate of drug-likeness (QED) is 0.389. The number of carbonyl (C=O) groups excluding carboxylic acids is 1. The van der Waals surface area contributed by atoms with Crippen LogP contribution in [0.15, 0.2) is 0 Å². The van der Waals surface area contributed by atoms with Crippen LogP contribution in [0.5, 0.6) is 0 Å². The minimum Gasteiger partial charge on any atom is -0.466 e. The largest absolute Gasteiger partial charge is 0.466 e. The van der Waals surface area contributed by atoms with Crippen molar-refractivity contribution in [3.05, 3.63) is 0 Å². The molecular formula is C10H19ClO3. The molecule has 0 aromatic heterocycles. The van der Waals surface area contributed by atoms with E-state index in [4.69, 9.17) is 16.3 Å². The molecule has 4 heteroatoms. The van der Waals surface area contributed by atoms with Gasteiger partial charge in [-0.25, -0.2) is 0 Å². The second-order valence-electron chi connectivity index (χ2n) is 3.18. The minimum atomic E-state index is -0.324. The molecule has 0 aliphatic rings. The second-order valence-corrected chi connectivity index (χ2v) is 3.56. The lowest BCUT2D eigenvalue weighted by atomic mass is 10.1. The number of hydrogen-bond donors (Lipinski definition) is 1. The van der Waals surface area contributed by atoms with Gasteiger partial charge in [0.2, 0.25) is 0 Å². The molecule has 0 spiro atoms. The Kier molecular flexibility index (Phi) is 9.10. The van der Waals surface area contributed by atoms with Gasteiger partial charge in [-0.3, -0.25) is 4.79 Å². The number of aliphatic hydroxyl groups is 1. The van der Waals surface area contributed by atoms with Crippen LogP contribution in [0, 0.1) is 0 Å². The van der Waals surface area contributed by atoms with Crippen LogP contribution in [-0.4, -0.2) is 29.7 Å². The summed E-state index contributed by atoms with van der Waals surface area (Å²) >= 11 is 5.47. The van der Waals surface area contributed by atoms with Crippen LogP contribution < -0.4 is 0 Å². The zero-order chi connectivity index (χ0) is 10.8. The van der Waals surface area contributed by atoms with E-state index < -0.39 is 0 Å². The van der Waals surface area contributed by atoms with E-state index in [0.29, 0.717) is 31.7 Å². The van der Waals surface area contributed by atoms with Crippen molar-refractivity contribution in [1.29, 1.82) is 0 Å². The summed E-state index contributed by atoms with van der Waals surface area (Å²) in [6, 6.07) is 0. The van der Waals surface area contributed by atoms with Crippen molar-refractivity contribution in [2.45, 2.75) is 45.1 Å². The summed E-state index contributed by atoms with van der Waals surface area (Å²) in [6.07, 6.45) is 3.08. The topological polar surface area (TPSA) is 46.5 Å². The highest BCUT2D eigenvalue weighted by atomic mass is 35.5. The molecule has 1 N–H and O–H groups in total. The molecule has 0 bridgehead atoms. The molecule has 3 nitrogen and oxygen atoms in total. The Morgan fingerprint density at radius 2 is 2.14 bits per heavy atom. The number of hydrogen-bond acceptors (Lipinski definition) is 3. The van der Waals surface area contributed by atoms with Crippen LogP contribution in [0.25, 0.3) is 0 Å². The summed E-state index contributed by atoms with van der Waals surface area (Å²) in [4.78, 5) is 10.9. The van der Waals surface area contributed by atoms with Gasteiger partial charge >= 0.3 is 5.97 Å². The SMILES string of the molecule is CCOC(=O)CCCC[C@@H](O)CCCl. The maximum absolute atomic E-state index is 10.9. The lowest BCUT2D eigenvalue weighted by molar-refractivity contribution is -0.143. The molecule has 0 radical (unpaired) electrons. The minimum absolute atomic E-state index is 0.153. The number of unbranched alkanes of at least 4 members (excludes halogenated alkanes) is 1. The van der Waals surface area contributed by atoms with Crippen molar-refractivity contribution in [2.24, 2.45) is 0 Å². The van der Waals surface area contributed by atoms with Crippen molar-refractivity contribution < 1.29 is 14.6 Å². The first kappa shape index (κ1) is 13.7. The highest BCUT2D eigenvalue weighted by Crippen LogP contribution is 2.07. The number of esters is 1. The van der Waals surface area contributed by atoms with Gasteiger partial charge < -0.3 is 9.84 Å². The zero-order valence-electron chi connectivity index (χ0n) is 8.67. The molecule has 0 unspecified atom stereocenters. The average Bonchev–Trinajstić information content (AvgIpc) is 2.13. The van der Waals surface area contributed by atoms with E-state index in [-0.39, 0.29) is 12.1 Å². The number of ether oxygens (including phenoxy) is 1. The lowest BCUT2D eigenvalue weighted by Crippen LogP contribution is -2.08. The van der Waals surface area contributed by atoms with Gasteiger partial charge in [0.05, 0.1) is 12.7 Å². The van der Waals surface area contributed by atoms with Gasteiger partial charge in [-0.2, -0.15) is 0 Å². The van der Waals surface area contributed by atoms with Crippen LogP contribution in [0.1, 0.15) is 39.0 Å². The molecule has 0 saturated carbocycles. The molecule has 14 heavy (non-hydrogen) atoms. The second kappa shape index (κ2) is 9.28. The van der Waals surface area contributed by atoms with Crippen LogP contribution >= 0.6 is 11.6 Å². The summed E-state index contributed by atoms with van der Waals surface area (Å²) in [5.41, 5.74) is 0. The monoisotopic (exact) mass is 222 g/mol. The number of halogens is 1. The van der Waals surface area contributed by atoms with Gasteiger partial charge in [-0.1, -0.05) is 6.42 Å². The van der Waals surface area contributed by atoms with Crippen molar-refractivity contribution in [1.82, 2.24) is 0 Å². The molecule has 1 atom stereocenters. The Morgan fingerprint density at radius 3 is 2.71 bits per heavy atom. The maximum atomic E-state index is 10.9. The summed E-state index contributed by atoms with van der Waals surface area (Å²) in [5.74, 6) is 0.332. The van der Waals surface area contributed by atoms with E-state index >= 15 is 0 Å². The van der Waals surface area contributed by atoms with Gasteiger partial charge in [-0.15, -0.1) is 11.6 Å². The highest BCUT2D eigenvalue weighted by Gasteiger charge is 2.04. The fourth-order valence-electron chi connectivity index (χ4n) is 1.15. The molecular weight excluding hydrogens is 204 g/mol. The first-order valence-electron chi connectivity index (χ1n) is 5.10. The van der Waals surface area contributed by atoms with Crippen LogP contribution in [0.3, 0.4) is 0 Å². The Balaban J connectivity index is 3.24. The van der Waals surface area contributed by atoms with Gasteiger partial charge in [-0.05, 0) is 26.2 Å². The summed E-state index contributed by atoms with van der Waals surface area (Å²) in [7, 11) is 0. The Morgan fingerprint density at radius 1 is 1.43 bits per heavy atom. The van der Waals surface area contributed by atoms with Gasteiger partial charge in [0.15, 0.2) is 0 Å². The molecule has 0 aromatic carbocycles. The third-order valence-electron chi connectivity index (χ3n) is 1.92. The average molecular weight is 223 g/mol. The summed E-state index contributed by atoms with van der Waals surface area (Å²) in [5, 5.41) is 9.32. The fourth-order valence-corrected chi connectivity index (χ4v) is 1.40. The summed E-state index contributed by atoms with van der Waals surface area (Å²) < 4.78 is 4.77. The van der Waals surface area contributed by atoms with Crippen molar-refractivity contribution >= 4 is 17.6 Å². The predicted octanol–water partition coefficient (Wildman–Crippen LogP) is 2.10. The molecule has 0 aliphatic carbocycles. The molecule has 84 valence electrons.